The number of carboxylic acid groups (broad SMARTS) is 1. The van der Waals surface area contributed by atoms with Gasteiger partial charge in [-0.3, -0.25) is 10.1 Å². The van der Waals surface area contributed by atoms with Crippen LogP contribution in [-0.2, 0) is 4.79 Å². The lowest BCUT2D eigenvalue weighted by Gasteiger charge is -2.03. The van der Waals surface area contributed by atoms with E-state index in [1.54, 1.807) is 0 Å². The SMILES string of the molecule is Nc1nc(C(N=O)C(=O)NC(=O)O)cs1. The van der Waals surface area contributed by atoms with Gasteiger partial charge < -0.3 is 10.8 Å². The first kappa shape index (κ1) is 11.0. The molecular weight excluding hydrogens is 224 g/mol. The maximum atomic E-state index is 11.1. The molecule has 0 saturated carbocycles. The van der Waals surface area contributed by atoms with Crippen LogP contribution in [0.25, 0.3) is 0 Å². The topological polar surface area (TPSA) is 135 Å². The smallest absolute Gasteiger partial charge is 0.411 e. The number of hydrogen-bond acceptors (Lipinski definition) is 7. The quantitative estimate of drug-likeness (QED) is 0.640. The first-order valence-electron chi connectivity index (χ1n) is 3.61. The lowest BCUT2D eigenvalue weighted by atomic mass is 10.2. The fourth-order valence-electron chi connectivity index (χ4n) is 0.836. The highest BCUT2D eigenvalue weighted by atomic mass is 32.1. The summed E-state index contributed by atoms with van der Waals surface area (Å²) in [5.74, 6) is -1.05. The van der Waals surface area contributed by atoms with Crippen molar-refractivity contribution in [3.63, 3.8) is 0 Å². The number of rotatable bonds is 3. The zero-order chi connectivity index (χ0) is 11.4. The molecular formula is C6H6N4O4S. The first-order chi connectivity index (χ1) is 7.04. The number of nitrogen functional groups attached to an aromatic ring is 1. The van der Waals surface area contributed by atoms with Gasteiger partial charge in [-0.2, -0.15) is 0 Å². The molecule has 9 heteroatoms. The molecule has 0 aliphatic rings. The molecule has 0 bridgehead atoms. The lowest BCUT2D eigenvalue weighted by Crippen LogP contribution is -2.32. The van der Waals surface area contributed by atoms with Crippen molar-refractivity contribution in [3.05, 3.63) is 16.0 Å². The van der Waals surface area contributed by atoms with Crippen molar-refractivity contribution >= 4 is 28.5 Å². The van der Waals surface area contributed by atoms with Crippen LogP contribution in [0.5, 0.6) is 0 Å². The van der Waals surface area contributed by atoms with Crippen LogP contribution in [0.15, 0.2) is 10.6 Å². The largest absolute Gasteiger partial charge is 0.465 e. The molecule has 1 rings (SSSR count). The van der Waals surface area contributed by atoms with Crippen LogP contribution in [0, 0.1) is 4.91 Å². The van der Waals surface area contributed by atoms with Gasteiger partial charge in [-0.15, -0.1) is 16.2 Å². The minimum Gasteiger partial charge on any atom is -0.465 e. The minimum absolute atomic E-state index is 0.0336. The van der Waals surface area contributed by atoms with E-state index in [9.17, 15) is 14.5 Å². The molecule has 15 heavy (non-hydrogen) atoms. The molecule has 0 aromatic carbocycles. The number of hydrogen-bond donors (Lipinski definition) is 3. The number of imide groups is 1. The van der Waals surface area contributed by atoms with Gasteiger partial charge >= 0.3 is 6.09 Å². The zero-order valence-corrected chi connectivity index (χ0v) is 8.02. The summed E-state index contributed by atoms with van der Waals surface area (Å²) in [6.07, 6.45) is -1.56. The second kappa shape index (κ2) is 4.46. The molecule has 0 saturated heterocycles. The number of nitroso groups, excluding NO2 is 1. The fraction of sp³-hybridized carbons (Fsp3) is 0.167. The van der Waals surface area contributed by atoms with Gasteiger partial charge in [0.25, 0.3) is 5.91 Å². The predicted molar refractivity (Wildman–Crippen MR) is 51.2 cm³/mol. The molecule has 1 unspecified atom stereocenters. The fourth-order valence-corrected chi connectivity index (χ4v) is 1.42. The van der Waals surface area contributed by atoms with Gasteiger partial charge in [0.1, 0.15) is 0 Å². The zero-order valence-electron chi connectivity index (χ0n) is 7.21. The van der Waals surface area contributed by atoms with Gasteiger partial charge in [-0.05, 0) is 5.18 Å². The molecule has 2 amide bonds. The minimum atomic E-state index is -1.56. The molecule has 4 N–H and O–H groups in total. The molecule has 0 radical (unpaired) electrons. The van der Waals surface area contributed by atoms with Crippen LogP contribution >= 0.6 is 11.3 Å². The van der Waals surface area contributed by atoms with E-state index < -0.39 is 18.0 Å². The number of anilines is 1. The number of carbonyl (C=O) groups excluding carboxylic acids is 1. The van der Waals surface area contributed by atoms with Gasteiger partial charge in [-0.1, -0.05) is 0 Å². The summed E-state index contributed by atoms with van der Waals surface area (Å²) >= 11 is 1.02. The summed E-state index contributed by atoms with van der Waals surface area (Å²) in [6.45, 7) is 0. The van der Waals surface area contributed by atoms with Crippen molar-refractivity contribution < 1.29 is 14.7 Å². The summed E-state index contributed by atoms with van der Waals surface area (Å²) in [7, 11) is 0. The van der Waals surface area contributed by atoms with E-state index in [1.807, 2.05) is 0 Å². The maximum Gasteiger partial charge on any atom is 0.411 e. The number of nitrogens with two attached hydrogens (primary N) is 1. The van der Waals surface area contributed by atoms with E-state index >= 15 is 0 Å². The van der Waals surface area contributed by atoms with E-state index in [2.05, 4.69) is 10.2 Å². The molecule has 0 spiro atoms. The van der Waals surface area contributed by atoms with Crippen LogP contribution in [-0.4, -0.2) is 22.1 Å². The van der Waals surface area contributed by atoms with Crippen LogP contribution in [0.2, 0.25) is 0 Å². The van der Waals surface area contributed by atoms with Crippen molar-refractivity contribution in [1.82, 2.24) is 10.3 Å². The monoisotopic (exact) mass is 230 g/mol. The molecule has 1 atom stereocenters. The van der Waals surface area contributed by atoms with Crippen molar-refractivity contribution in [1.29, 1.82) is 0 Å². The van der Waals surface area contributed by atoms with Gasteiger partial charge in [0.2, 0.25) is 6.04 Å². The molecule has 0 aliphatic carbocycles. The second-order valence-corrected chi connectivity index (χ2v) is 3.30. The molecule has 0 aliphatic heterocycles. The number of nitrogens with one attached hydrogen (secondary N) is 1. The Morgan fingerprint density at radius 1 is 1.67 bits per heavy atom. The van der Waals surface area contributed by atoms with E-state index in [0.29, 0.717) is 0 Å². The Balaban J connectivity index is 2.84. The maximum absolute atomic E-state index is 11.1. The van der Waals surface area contributed by atoms with Crippen molar-refractivity contribution in [2.75, 3.05) is 5.73 Å². The van der Waals surface area contributed by atoms with E-state index in [4.69, 9.17) is 10.8 Å². The Kier molecular flexibility index (Phi) is 3.29. The number of carbonyl (C=O) groups is 2. The number of aromatic nitrogens is 1. The Bertz CT molecular complexity index is 404. The standard InChI is InChI=1S/C6H6N4O4S/c7-5-8-2(1-15-5)3(10-14)4(11)9-6(12)13/h1,3H,(H2,7,8)(H,9,11)(H,12,13). The number of nitrogens with zero attached hydrogens (tertiary/aromatic N) is 2. The highest BCUT2D eigenvalue weighted by Crippen LogP contribution is 2.21. The molecule has 1 aromatic rings. The average molecular weight is 230 g/mol. The predicted octanol–water partition coefficient (Wildman–Crippen LogP) is 0.327. The van der Waals surface area contributed by atoms with E-state index in [1.165, 1.54) is 10.7 Å². The van der Waals surface area contributed by atoms with Crippen LogP contribution < -0.4 is 11.1 Å². The normalized spacial score (nSPS) is 11.7. The van der Waals surface area contributed by atoms with Gasteiger partial charge in [0, 0.05) is 5.38 Å². The Labute approximate surface area is 87.1 Å². The van der Waals surface area contributed by atoms with Gasteiger partial charge in [0.05, 0.1) is 5.69 Å². The highest BCUT2D eigenvalue weighted by Gasteiger charge is 2.25. The lowest BCUT2D eigenvalue weighted by molar-refractivity contribution is -0.121. The van der Waals surface area contributed by atoms with Crippen LogP contribution in [0.3, 0.4) is 0 Å². The highest BCUT2D eigenvalue weighted by molar-refractivity contribution is 7.13. The van der Waals surface area contributed by atoms with Crippen molar-refractivity contribution in [2.24, 2.45) is 5.18 Å². The summed E-state index contributed by atoms with van der Waals surface area (Å²) in [5.41, 5.74) is 5.32. The molecule has 1 aromatic heterocycles. The molecule has 8 nitrogen and oxygen atoms in total. The van der Waals surface area contributed by atoms with Crippen LogP contribution in [0.4, 0.5) is 9.93 Å². The first-order valence-corrected chi connectivity index (χ1v) is 4.49. The van der Waals surface area contributed by atoms with Crippen molar-refractivity contribution in [3.8, 4) is 0 Å². The second-order valence-electron chi connectivity index (χ2n) is 2.41. The summed E-state index contributed by atoms with van der Waals surface area (Å²) in [6, 6.07) is -1.49. The van der Waals surface area contributed by atoms with Crippen LogP contribution in [0.1, 0.15) is 11.7 Å². The third-order valence-corrected chi connectivity index (χ3v) is 2.10. The number of thiazole rings is 1. The molecule has 0 fully saturated rings. The third-order valence-electron chi connectivity index (χ3n) is 1.40. The Morgan fingerprint density at radius 3 is 2.73 bits per heavy atom. The van der Waals surface area contributed by atoms with Gasteiger partial charge in [-0.25, -0.2) is 9.78 Å². The molecule has 80 valence electrons. The van der Waals surface area contributed by atoms with Crippen molar-refractivity contribution in [2.45, 2.75) is 6.04 Å². The number of amides is 2. The summed E-state index contributed by atoms with van der Waals surface area (Å²) in [4.78, 5) is 35.3. The van der Waals surface area contributed by atoms with E-state index in [0.717, 1.165) is 11.3 Å². The average Bonchev–Trinajstić information content (AvgIpc) is 2.51. The van der Waals surface area contributed by atoms with E-state index in [-0.39, 0.29) is 10.8 Å². The Morgan fingerprint density at radius 2 is 2.33 bits per heavy atom. The summed E-state index contributed by atoms with van der Waals surface area (Å²) in [5, 5.41) is 13.8. The molecule has 1 heterocycles. The third kappa shape index (κ3) is 2.71. The van der Waals surface area contributed by atoms with Gasteiger partial charge in [0.15, 0.2) is 5.13 Å². The summed E-state index contributed by atoms with van der Waals surface area (Å²) < 4.78 is 0. The Hall–Kier alpha value is -2.03.